The number of likely N-dealkylation sites (tertiary alicyclic amines) is 1. The monoisotopic (exact) mass is 439 g/mol. The summed E-state index contributed by atoms with van der Waals surface area (Å²) in [4.78, 5) is 20.2. The van der Waals surface area contributed by atoms with E-state index in [0.717, 1.165) is 24.4 Å². The standard InChI is InChI=1S/C25H30FN3O3/c1-19-27-24-11-10-22(32-17-12-26)18-23(24)25(30)29(19)20-6-8-21(9-7-20)31-16-5-15-28-13-3-2-4-14-28/h6-11,18H,2-5,12-17H2,1H3. The van der Waals surface area contributed by atoms with Crippen LogP contribution in [0.5, 0.6) is 11.5 Å². The van der Waals surface area contributed by atoms with Crippen LogP contribution in [-0.2, 0) is 0 Å². The number of fused-ring (bicyclic) bond motifs is 1. The van der Waals surface area contributed by atoms with Gasteiger partial charge in [0.15, 0.2) is 0 Å². The SMILES string of the molecule is Cc1nc2ccc(OCCF)cc2c(=O)n1-c1ccc(OCCCN2CCCCC2)cc1. The van der Waals surface area contributed by atoms with E-state index in [0.29, 0.717) is 29.1 Å². The highest BCUT2D eigenvalue weighted by atomic mass is 19.1. The molecule has 2 aromatic carbocycles. The summed E-state index contributed by atoms with van der Waals surface area (Å²) < 4.78 is 25.2. The van der Waals surface area contributed by atoms with Crippen LogP contribution in [0.15, 0.2) is 47.3 Å². The number of rotatable bonds is 9. The average molecular weight is 440 g/mol. The van der Waals surface area contributed by atoms with Crippen LogP contribution in [0.3, 0.4) is 0 Å². The third-order valence-corrected chi connectivity index (χ3v) is 5.78. The number of aryl methyl sites for hydroxylation is 1. The van der Waals surface area contributed by atoms with Crippen LogP contribution >= 0.6 is 0 Å². The molecule has 1 saturated heterocycles. The van der Waals surface area contributed by atoms with Gasteiger partial charge in [-0.1, -0.05) is 6.42 Å². The molecule has 170 valence electrons. The van der Waals surface area contributed by atoms with E-state index in [1.807, 2.05) is 24.3 Å². The van der Waals surface area contributed by atoms with Crippen molar-refractivity contribution in [2.24, 2.45) is 0 Å². The maximum atomic E-state index is 13.2. The van der Waals surface area contributed by atoms with Gasteiger partial charge >= 0.3 is 0 Å². The number of nitrogens with zero attached hydrogens (tertiary/aromatic N) is 3. The van der Waals surface area contributed by atoms with E-state index in [-0.39, 0.29) is 12.2 Å². The van der Waals surface area contributed by atoms with Crippen LogP contribution in [0, 0.1) is 6.92 Å². The zero-order valence-corrected chi connectivity index (χ0v) is 18.6. The van der Waals surface area contributed by atoms with Gasteiger partial charge in [0.25, 0.3) is 5.56 Å². The molecule has 0 amide bonds. The first-order valence-corrected chi connectivity index (χ1v) is 11.3. The molecule has 0 N–H and O–H groups in total. The van der Waals surface area contributed by atoms with Crippen molar-refractivity contribution < 1.29 is 13.9 Å². The van der Waals surface area contributed by atoms with Crippen molar-refractivity contribution in [3.05, 3.63) is 58.6 Å². The molecule has 3 aromatic rings. The fourth-order valence-electron chi connectivity index (χ4n) is 4.18. The summed E-state index contributed by atoms with van der Waals surface area (Å²) in [5, 5.41) is 0.435. The Morgan fingerprint density at radius 2 is 1.69 bits per heavy atom. The number of aromatic nitrogens is 2. The number of piperidine rings is 1. The summed E-state index contributed by atoms with van der Waals surface area (Å²) in [5.74, 6) is 1.83. The summed E-state index contributed by atoms with van der Waals surface area (Å²) >= 11 is 0. The van der Waals surface area contributed by atoms with Crippen LogP contribution in [0.2, 0.25) is 0 Å². The van der Waals surface area contributed by atoms with Crippen LogP contribution in [-0.4, -0.2) is 54.0 Å². The molecule has 0 atom stereocenters. The molecule has 32 heavy (non-hydrogen) atoms. The molecule has 0 unspecified atom stereocenters. The minimum atomic E-state index is -0.582. The van der Waals surface area contributed by atoms with Crippen LogP contribution in [0.1, 0.15) is 31.5 Å². The Morgan fingerprint density at radius 1 is 0.969 bits per heavy atom. The Hall–Kier alpha value is -2.93. The third kappa shape index (κ3) is 5.27. The fraction of sp³-hybridized carbons (Fsp3) is 0.440. The molecule has 1 fully saturated rings. The normalized spacial score (nSPS) is 14.6. The van der Waals surface area contributed by atoms with Crippen molar-refractivity contribution in [3.63, 3.8) is 0 Å². The van der Waals surface area contributed by atoms with Gasteiger partial charge in [-0.2, -0.15) is 0 Å². The molecule has 2 heterocycles. The van der Waals surface area contributed by atoms with Gasteiger partial charge in [-0.25, -0.2) is 9.37 Å². The van der Waals surface area contributed by atoms with E-state index in [4.69, 9.17) is 9.47 Å². The highest BCUT2D eigenvalue weighted by molar-refractivity contribution is 5.79. The second-order valence-corrected chi connectivity index (χ2v) is 8.11. The molecular weight excluding hydrogens is 409 g/mol. The van der Waals surface area contributed by atoms with E-state index in [2.05, 4.69) is 9.88 Å². The predicted molar refractivity (Wildman–Crippen MR) is 124 cm³/mol. The highest BCUT2D eigenvalue weighted by Gasteiger charge is 2.12. The van der Waals surface area contributed by atoms with Crippen molar-refractivity contribution in [3.8, 4) is 17.2 Å². The molecule has 0 radical (unpaired) electrons. The van der Waals surface area contributed by atoms with Gasteiger partial charge in [0.05, 0.1) is 23.2 Å². The van der Waals surface area contributed by atoms with E-state index in [1.54, 1.807) is 29.7 Å². The van der Waals surface area contributed by atoms with E-state index in [1.165, 1.54) is 32.4 Å². The Bertz CT molecular complexity index is 1090. The first kappa shape index (κ1) is 22.3. The lowest BCUT2D eigenvalue weighted by Crippen LogP contribution is -2.31. The van der Waals surface area contributed by atoms with Crippen LogP contribution in [0.4, 0.5) is 4.39 Å². The Labute approximate surface area is 187 Å². The molecule has 1 aromatic heterocycles. The Kier molecular flexibility index (Phi) is 7.37. The lowest BCUT2D eigenvalue weighted by molar-refractivity contribution is 0.205. The number of hydrogen-bond donors (Lipinski definition) is 0. The summed E-state index contributed by atoms with van der Waals surface area (Å²) in [7, 11) is 0. The third-order valence-electron chi connectivity index (χ3n) is 5.78. The lowest BCUT2D eigenvalue weighted by atomic mass is 10.1. The molecule has 0 saturated carbocycles. The Morgan fingerprint density at radius 3 is 2.44 bits per heavy atom. The van der Waals surface area contributed by atoms with Gasteiger partial charge in [0.2, 0.25) is 0 Å². The topological polar surface area (TPSA) is 56.6 Å². The van der Waals surface area contributed by atoms with Crippen molar-refractivity contribution in [2.75, 3.05) is 39.5 Å². The second kappa shape index (κ2) is 10.6. The molecule has 0 spiro atoms. The largest absolute Gasteiger partial charge is 0.494 e. The summed E-state index contributed by atoms with van der Waals surface area (Å²) in [6.45, 7) is 5.33. The maximum Gasteiger partial charge on any atom is 0.266 e. The molecule has 6 nitrogen and oxygen atoms in total. The zero-order valence-electron chi connectivity index (χ0n) is 18.6. The fourth-order valence-corrected chi connectivity index (χ4v) is 4.18. The van der Waals surface area contributed by atoms with Gasteiger partial charge < -0.3 is 14.4 Å². The van der Waals surface area contributed by atoms with Crippen molar-refractivity contribution in [1.29, 1.82) is 0 Å². The zero-order chi connectivity index (χ0) is 22.3. The molecule has 4 rings (SSSR count). The Balaban J connectivity index is 1.45. The van der Waals surface area contributed by atoms with Gasteiger partial charge in [0.1, 0.15) is 30.6 Å². The van der Waals surface area contributed by atoms with Crippen molar-refractivity contribution in [1.82, 2.24) is 14.5 Å². The van der Waals surface area contributed by atoms with Crippen molar-refractivity contribution in [2.45, 2.75) is 32.6 Å². The molecule has 0 bridgehead atoms. The molecule has 1 aliphatic rings. The van der Waals surface area contributed by atoms with Gasteiger partial charge in [0, 0.05) is 6.54 Å². The quantitative estimate of drug-likeness (QED) is 0.466. The van der Waals surface area contributed by atoms with E-state index in [9.17, 15) is 9.18 Å². The molecule has 1 aliphatic heterocycles. The second-order valence-electron chi connectivity index (χ2n) is 8.11. The van der Waals surface area contributed by atoms with Gasteiger partial charge in [-0.3, -0.25) is 9.36 Å². The smallest absolute Gasteiger partial charge is 0.266 e. The molecular formula is C25H30FN3O3. The van der Waals surface area contributed by atoms with E-state index >= 15 is 0 Å². The summed E-state index contributed by atoms with van der Waals surface area (Å²) in [6.07, 6.45) is 4.96. The first-order chi connectivity index (χ1) is 15.7. The van der Waals surface area contributed by atoms with Crippen LogP contribution in [0.25, 0.3) is 16.6 Å². The maximum absolute atomic E-state index is 13.2. The average Bonchev–Trinajstić information content (AvgIpc) is 2.82. The summed E-state index contributed by atoms with van der Waals surface area (Å²) in [6, 6.07) is 12.5. The van der Waals surface area contributed by atoms with E-state index < -0.39 is 6.67 Å². The van der Waals surface area contributed by atoms with Crippen LogP contribution < -0.4 is 15.0 Å². The van der Waals surface area contributed by atoms with Crippen molar-refractivity contribution >= 4 is 10.9 Å². The number of hydrogen-bond acceptors (Lipinski definition) is 5. The lowest BCUT2D eigenvalue weighted by Gasteiger charge is -2.26. The minimum absolute atomic E-state index is 0.0432. The first-order valence-electron chi connectivity index (χ1n) is 11.3. The molecule has 7 heteroatoms. The number of ether oxygens (including phenoxy) is 2. The number of alkyl halides is 1. The molecule has 0 aliphatic carbocycles. The summed E-state index contributed by atoms with van der Waals surface area (Å²) in [5.41, 5.74) is 1.12. The number of halogens is 1. The highest BCUT2D eigenvalue weighted by Crippen LogP contribution is 2.20. The number of benzene rings is 2. The van der Waals surface area contributed by atoms with Gasteiger partial charge in [-0.15, -0.1) is 0 Å². The predicted octanol–water partition coefficient (Wildman–Crippen LogP) is 4.30. The minimum Gasteiger partial charge on any atom is -0.494 e. The van der Waals surface area contributed by atoms with Gasteiger partial charge in [-0.05, 0) is 81.7 Å².